The van der Waals surface area contributed by atoms with Crippen molar-refractivity contribution in [2.45, 2.75) is 39.3 Å². The van der Waals surface area contributed by atoms with E-state index in [1.165, 1.54) is 5.56 Å². The molecule has 116 valence electrons. The summed E-state index contributed by atoms with van der Waals surface area (Å²) in [5, 5.41) is 3.35. The van der Waals surface area contributed by atoms with Crippen molar-refractivity contribution in [1.29, 1.82) is 0 Å². The second kappa shape index (κ2) is 5.61. The van der Waals surface area contributed by atoms with Crippen LogP contribution in [0.25, 0.3) is 11.3 Å². The highest BCUT2D eigenvalue weighted by Crippen LogP contribution is 2.29. The number of ether oxygens (including phenoxy) is 1. The van der Waals surface area contributed by atoms with E-state index in [9.17, 15) is 4.79 Å². The first-order chi connectivity index (χ1) is 10.5. The smallest absolute Gasteiger partial charge is 0.419 e. The van der Waals surface area contributed by atoms with Gasteiger partial charge in [-0.2, -0.15) is 0 Å². The van der Waals surface area contributed by atoms with E-state index in [0.29, 0.717) is 0 Å². The van der Waals surface area contributed by atoms with E-state index in [0.717, 1.165) is 36.5 Å². The van der Waals surface area contributed by atoms with Gasteiger partial charge in [-0.1, -0.05) is 30.3 Å². The molecule has 1 aromatic carbocycles. The van der Waals surface area contributed by atoms with Gasteiger partial charge in [-0.05, 0) is 38.0 Å². The van der Waals surface area contributed by atoms with Gasteiger partial charge in [-0.3, -0.25) is 0 Å². The molecule has 0 aliphatic carbocycles. The Morgan fingerprint density at radius 1 is 1.23 bits per heavy atom. The van der Waals surface area contributed by atoms with Gasteiger partial charge in [0, 0.05) is 25.2 Å². The van der Waals surface area contributed by atoms with Gasteiger partial charge in [0.15, 0.2) is 0 Å². The van der Waals surface area contributed by atoms with Crippen LogP contribution in [0, 0.1) is 0 Å². The van der Waals surface area contributed by atoms with Crippen molar-refractivity contribution in [3.05, 3.63) is 47.7 Å². The molecule has 1 N–H and O–H groups in total. The number of carbonyl (C=O) groups excluding carboxylic acids is 1. The molecular weight excluding hydrogens is 276 g/mol. The Labute approximate surface area is 131 Å². The topological polar surface area (TPSA) is 43.3 Å². The van der Waals surface area contributed by atoms with Crippen LogP contribution in [-0.4, -0.2) is 22.8 Å². The van der Waals surface area contributed by atoms with Gasteiger partial charge in [-0.25, -0.2) is 9.36 Å². The van der Waals surface area contributed by atoms with Crippen LogP contribution in [0.5, 0.6) is 0 Å². The van der Waals surface area contributed by atoms with Crippen molar-refractivity contribution in [2.75, 3.05) is 6.54 Å². The molecular formula is C18H22N2O2. The summed E-state index contributed by atoms with van der Waals surface area (Å²) in [4.78, 5) is 12.7. The number of hydrogen-bond acceptors (Lipinski definition) is 3. The lowest BCUT2D eigenvalue weighted by molar-refractivity contribution is 0.0535. The molecule has 4 heteroatoms. The Kier molecular flexibility index (Phi) is 3.79. The maximum atomic E-state index is 12.7. The van der Waals surface area contributed by atoms with Gasteiger partial charge in [0.25, 0.3) is 0 Å². The molecule has 0 saturated heterocycles. The summed E-state index contributed by atoms with van der Waals surface area (Å²) in [6.45, 7) is 7.36. The predicted molar refractivity (Wildman–Crippen MR) is 86.9 cm³/mol. The maximum Gasteiger partial charge on any atom is 0.419 e. The van der Waals surface area contributed by atoms with Crippen molar-refractivity contribution < 1.29 is 9.53 Å². The lowest BCUT2D eigenvalue weighted by atomic mass is 10.1. The van der Waals surface area contributed by atoms with E-state index in [1.807, 2.05) is 51.1 Å². The number of aromatic nitrogens is 1. The maximum absolute atomic E-state index is 12.7. The van der Waals surface area contributed by atoms with Crippen molar-refractivity contribution in [3.8, 4) is 11.3 Å². The van der Waals surface area contributed by atoms with E-state index in [1.54, 1.807) is 4.57 Å². The molecule has 0 saturated carbocycles. The molecule has 0 atom stereocenters. The van der Waals surface area contributed by atoms with Gasteiger partial charge >= 0.3 is 6.09 Å². The monoisotopic (exact) mass is 298 g/mol. The normalized spacial score (nSPS) is 14.5. The molecule has 2 heterocycles. The lowest BCUT2D eigenvalue weighted by Crippen LogP contribution is -2.31. The molecule has 1 aliphatic heterocycles. The first-order valence-corrected chi connectivity index (χ1v) is 7.69. The van der Waals surface area contributed by atoms with Gasteiger partial charge < -0.3 is 10.1 Å². The van der Waals surface area contributed by atoms with Crippen LogP contribution in [0.1, 0.15) is 32.0 Å². The summed E-state index contributed by atoms with van der Waals surface area (Å²) < 4.78 is 7.36. The first kappa shape index (κ1) is 14.9. The number of nitrogens with zero attached hydrogens (tertiary/aromatic N) is 1. The number of fused-ring (bicyclic) bond motifs is 1. The highest BCUT2D eigenvalue weighted by atomic mass is 16.6. The minimum Gasteiger partial charge on any atom is -0.443 e. The quantitative estimate of drug-likeness (QED) is 0.875. The molecule has 0 unspecified atom stereocenters. The Balaban J connectivity index is 2.10. The number of benzene rings is 1. The van der Waals surface area contributed by atoms with Crippen molar-refractivity contribution >= 4 is 6.09 Å². The summed E-state index contributed by atoms with van der Waals surface area (Å²) in [5.74, 6) is 0. The van der Waals surface area contributed by atoms with Crippen LogP contribution < -0.4 is 5.32 Å². The van der Waals surface area contributed by atoms with Crippen molar-refractivity contribution in [3.63, 3.8) is 0 Å². The summed E-state index contributed by atoms with van der Waals surface area (Å²) in [5.41, 5.74) is 3.67. The Bertz CT molecular complexity index is 681. The van der Waals surface area contributed by atoms with Crippen molar-refractivity contribution in [2.24, 2.45) is 0 Å². The largest absolute Gasteiger partial charge is 0.443 e. The zero-order valence-electron chi connectivity index (χ0n) is 13.3. The third-order valence-corrected chi connectivity index (χ3v) is 3.69. The minimum absolute atomic E-state index is 0.297. The van der Waals surface area contributed by atoms with E-state index < -0.39 is 5.60 Å². The standard InChI is InChI=1S/C18H22N2O2/c1-18(2,3)22-17(21)20-15-9-10-19-12-14(15)11-16(20)13-7-5-4-6-8-13/h4-8,11,19H,9-10,12H2,1-3H3. The SMILES string of the molecule is CC(C)(C)OC(=O)n1c(-c2ccccc2)cc2c1CCNC2. The van der Waals surface area contributed by atoms with E-state index in [4.69, 9.17) is 4.74 Å². The number of rotatable bonds is 1. The van der Waals surface area contributed by atoms with Crippen LogP contribution in [-0.2, 0) is 17.7 Å². The van der Waals surface area contributed by atoms with Crippen LogP contribution >= 0.6 is 0 Å². The first-order valence-electron chi connectivity index (χ1n) is 7.69. The fraction of sp³-hybridized carbons (Fsp3) is 0.389. The third kappa shape index (κ3) is 2.92. The fourth-order valence-corrected chi connectivity index (χ4v) is 2.79. The fourth-order valence-electron chi connectivity index (χ4n) is 2.79. The Morgan fingerprint density at radius 3 is 2.64 bits per heavy atom. The number of carbonyl (C=O) groups is 1. The highest BCUT2D eigenvalue weighted by Gasteiger charge is 2.26. The van der Waals surface area contributed by atoms with Crippen LogP contribution in [0.15, 0.2) is 36.4 Å². The van der Waals surface area contributed by atoms with Crippen LogP contribution in [0.3, 0.4) is 0 Å². The molecule has 4 nitrogen and oxygen atoms in total. The summed E-state index contributed by atoms with van der Waals surface area (Å²) in [6, 6.07) is 12.1. The minimum atomic E-state index is -0.505. The Morgan fingerprint density at radius 2 is 1.95 bits per heavy atom. The summed E-state index contributed by atoms with van der Waals surface area (Å²) in [6.07, 6.45) is 0.538. The summed E-state index contributed by atoms with van der Waals surface area (Å²) in [7, 11) is 0. The summed E-state index contributed by atoms with van der Waals surface area (Å²) >= 11 is 0. The van der Waals surface area contributed by atoms with Gasteiger partial charge in [-0.15, -0.1) is 0 Å². The van der Waals surface area contributed by atoms with Crippen molar-refractivity contribution in [1.82, 2.24) is 9.88 Å². The molecule has 0 bridgehead atoms. The second-order valence-corrected chi connectivity index (χ2v) is 6.61. The predicted octanol–water partition coefficient (Wildman–Crippen LogP) is 3.58. The molecule has 0 amide bonds. The zero-order chi connectivity index (χ0) is 15.7. The average molecular weight is 298 g/mol. The molecule has 22 heavy (non-hydrogen) atoms. The van der Waals surface area contributed by atoms with Crippen LogP contribution in [0.2, 0.25) is 0 Å². The lowest BCUT2D eigenvalue weighted by Gasteiger charge is -2.23. The molecule has 1 aromatic heterocycles. The number of hydrogen-bond donors (Lipinski definition) is 1. The molecule has 0 fully saturated rings. The highest BCUT2D eigenvalue weighted by molar-refractivity contribution is 5.81. The van der Waals surface area contributed by atoms with Gasteiger partial charge in [0.2, 0.25) is 0 Å². The van der Waals surface area contributed by atoms with Crippen LogP contribution in [0.4, 0.5) is 4.79 Å². The van der Waals surface area contributed by atoms with Gasteiger partial charge in [0.1, 0.15) is 5.60 Å². The van der Waals surface area contributed by atoms with Gasteiger partial charge in [0.05, 0.1) is 5.69 Å². The molecule has 3 rings (SSSR count). The van der Waals surface area contributed by atoms with E-state index >= 15 is 0 Å². The second-order valence-electron chi connectivity index (χ2n) is 6.61. The third-order valence-electron chi connectivity index (χ3n) is 3.69. The molecule has 2 aromatic rings. The Hall–Kier alpha value is -2.07. The average Bonchev–Trinajstić information content (AvgIpc) is 2.86. The zero-order valence-corrected chi connectivity index (χ0v) is 13.3. The number of nitrogens with one attached hydrogen (secondary N) is 1. The molecule has 1 aliphatic rings. The van der Waals surface area contributed by atoms with E-state index in [-0.39, 0.29) is 6.09 Å². The molecule has 0 radical (unpaired) electrons. The molecule has 0 spiro atoms. The van der Waals surface area contributed by atoms with E-state index in [2.05, 4.69) is 11.4 Å².